The Morgan fingerprint density at radius 1 is 1.14 bits per heavy atom. The van der Waals surface area contributed by atoms with Crippen LogP contribution in [0.25, 0.3) is 0 Å². The van der Waals surface area contributed by atoms with Gasteiger partial charge in [0.25, 0.3) is 0 Å². The molecular formula is C17H19BrN2S. The summed E-state index contributed by atoms with van der Waals surface area (Å²) in [6, 6.07) is 16.6. The Kier molecular flexibility index (Phi) is 6.21. The van der Waals surface area contributed by atoms with Gasteiger partial charge < -0.3 is 10.6 Å². The van der Waals surface area contributed by atoms with E-state index < -0.39 is 0 Å². The van der Waals surface area contributed by atoms with Gasteiger partial charge in [-0.2, -0.15) is 0 Å². The molecule has 4 heteroatoms. The van der Waals surface area contributed by atoms with E-state index in [1.54, 1.807) is 0 Å². The number of nitrogens with one attached hydrogen (secondary N) is 2. The summed E-state index contributed by atoms with van der Waals surface area (Å²) in [5, 5.41) is 7.12. The van der Waals surface area contributed by atoms with E-state index in [4.69, 9.17) is 12.2 Å². The maximum Gasteiger partial charge on any atom is 0.170 e. The quantitative estimate of drug-likeness (QED) is 0.596. The van der Waals surface area contributed by atoms with Crippen LogP contribution in [0.1, 0.15) is 17.5 Å². The van der Waals surface area contributed by atoms with Gasteiger partial charge >= 0.3 is 0 Å². The Morgan fingerprint density at radius 3 is 2.62 bits per heavy atom. The number of halogens is 1. The highest BCUT2D eigenvalue weighted by Gasteiger charge is 2.00. The lowest BCUT2D eigenvalue weighted by Gasteiger charge is -2.11. The first-order chi connectivity index (χ1) is 10.1. The molecule has 2 rings (SSSR count). The van der Waals surface area contributed by atoms with Crippen molar-refractivity contribution >= 4 is 38.9 Å². The third kappa shape index (κ3) is 5.48. The highest BCUT2D eigenvalue weighted by atomic mass is 79.9. The van der Waals surface area contributed by atoms with E-state index in [2.05, 4.69) is 63.8 Å². The summed E-state index contributed by atoms with van der Waals surface area (Å²) in [5.41, 5.74) is 3.56. The molecule has 0 amide bonds. The van der Waals surface area contributed by atoms with Gasteiger partial charge in [-0.1, -0.05) is 46.3 Å². The smallest absolute Gasteiger partial charge is 0.170 e. The van der Waals surface area contributed by atoms with Gasteiger partial charge in [0.2, 0.25) is 0 Å². The lowest BCUT2D eigenvalue weighted by molar-refractivity contribution is 0.777. The molecule has 2 aromatic carbocycles. The fourth-order valence-corrected chi connectivity index (χ4v) is 2.50. The topological polar surface area (TPSA) is 24.1 Å². The minimum Gasteiger partial charge on any atom is -0.362 e. The van der Waals surface area contributed by atoms with Gasteiger partial charge in [0.05, 0.1) is 0 Å². The minimum atomic E-state index is 0.671. The number of anilines is 1. The largest absolute Gasteiger partial charge is 0.362 e. The van der Waals surface area contributed by atoms with E-state index in [0.717, 1.165) is 29.5 Å². The van der Waals surface area contributed by atoms with Gasteiger partial charge in [0.15, 0.2) is 5.11 Å². The SMILES string of the molecule is Cc1cc(NC(=S)NCCCc2ccccc2)ccc1Br. The van der Waals surface area contributed by atoms with Crippen molar-refractivity contribution in [2.45, 2.75) is 19.8 Å². The molecule has 0 atom stereocenters. The van der Waals surface area contributed by atoms with Crippen LogP contribution < -0.4 is 10.6 Å². The lowest BCUT2D eigenvalue weighted by Crippen LogP contribution is -2.29. The number of hydrogen-bond donors (Lipinski definition) is 2. The third-order valence-electron chi connectivity index (χ3n) is 3.19. The van der Waals surface area contributed by atoms with Gasteiger partial charge in [-0.15, -0.1) is 0 Å². The zero-order chi connectivity index (χ0) is 15.1. The van der Waals surface area contributed by atoms with Crippen molar-refractivity contribution in [3.8, 4) is 0 Å². The summed E-state index contributed by atoms with van der Waals surface area (Å²) in [5.74, 6) is 0. The molecule has 0 aliphatic heterocycles. The second kappa shape index (κ2) is 8.15. The van der Waals surface area contributed by atoms with Gasteiger partial charge in [-0.05, 0) is 61.3 Å². The number of thiocarbonyl (C=S) groups is 1. The molecule has 0 aliphatic rings. The number of aryl methyl sites for hydroxylation is 2. The predicted molar refractivity (Wildman–Crippen MR) is 97.9 cm³/mol. The van der Waals surface area contributed by atoms with Crippen molar-refractivity contribution in [1.29, 1.82) is 0 Å². The van der Waals surface area contributed by atoms with Crippen LogP contribution in [-0.2, 0) is 6.42 Å². The molecule has 2 N–H and O–H groups in total. The van der Waals surface area contributed by atoms with Crippen LogP contribution in [-0.4, -0.2) is 11.7 Å². The molecule has 0 spiro atoms. The number of benzene rings is 2. The average molecular weight is 363 g/mol. The van der Waals surface area contributed by atoms with E-state index in [1.807, 2.05) is 18.2 Å². The molecule has 0 heterocycles. The van der Waals surface area contributed by atoms with Gasteiger partial charge in [0, 0.05) is 16.7 Å². The molecule has 21 heavy (non-hydrogen) atoms. The standard InChI is InChI=1S/C17H19BrN2S/c1-13-12-15(9-10-16(13)18)20-17(21)19-11-5-8-14-6-3-2-4-7-14/h2-4,6-7,9-10,12H,5,8,11H2,1H3,(H2,19,20,21). The summed E-state index contributed by atoms with van der Waals surface area (Å²) in [7, 11) is 0. The second-order valence-electron chi connectivity index (χ2n) is 4.93. The normalized spacial score (nSPS) is 10.2. The summed E-state index contributed by atoms with van der Waals surface area (Å²) < 4.78 is 1.11. The maximum absolute atomic E-state index is 5.31. The zero-order valence-electron chi connectivity index (χ0n) is 12.0. The summed E-state index contributed by atoms with van der Waals surface area (Å²) in [4.78, 5) is 0. The summed E-state index contributed by atoms with van der Waals surface area (Å²) >= 11 is 8.80. The van der Waals surface area contributed by atoms with Gasteiger partial charge in [0.1, 0.15) is 0 Å². The van der Waals surface area contributed by atoms with Gasteiger partial charge in [-0.3, -0.25) is 0 Å². The number of hydrogen-bond acceptors (Lipinski definition) is 1. The van der Waals surface area contributed by atoms with Gasteiger partial charge in [-0.25, -0.2) is 0 Å². The molecular weight excluding hydrogens is 344 g/mol. The molecule has 0 saturated heterocycles. The lowest BCUT2D eigenvalue weighted by atomic mass is 10.1. The summed E-state index contributed by atoms with van der Waals surface area (Å²) in [6.07, 6.45) is 2.12. The fraction of sp³-hybridized carbons (Fsp3) is 0.235. The van der Waals surface area contributed by atoms with E-state index in [1.165, 1.54) is 11.1 Å². The first-order valence-electron chi connectivity index (χ1n) is 7.00. The highest BCUT2D eigenvalue weighted by Crippen LogP contribution is 2.19. The molecule has 0 aromatic heterocycles. The van der Waals surface area contributed by atoms with E-state index in [9.17, 15) is 0 Å². The molecule has 0 unspecified atom stereocenters. The molecule has 110 valence electrons. The Balaban J connectivity index is 1.71. The monoisotopic (exact) mass is 362 g/mol. The average Bonchev–Trinajstić information content (AvgIpc) is 2.49. The molecule has 0 radical (unpaired) electrons. The Hall–Kier alpha value is -1.39. The Morgan fingerprint density at radius 2 is 1.90 bits per heavy atom. The van der Waals surface area contributed by atoms with Crippen molar-refractivity contribution in [3.05, 3.63) is 64.1 Å². The molecule has 0 saturated carbocycles. The zero-order valence-corrected chi connectivity index (χ0v) is 14.4. The third-order valence-corrected chi connectivity index (χ3v) is 4.32. The first kappa shape index (κ1) is 16.0. The first-order valence-corrected chi connectivity index (χ1v) is 8.20. The highest BCUT2D eigenvalue weighted by molar-refractivity contribution is 9.10. The van der Waals surface area contributed by atoms with Crippen molar-refractivity contribution in [1.82, 2.24) is 5.32 Å². The Labute approximate surface area is 140 Å². The van der Waals surface area contributed by atoms with Crippen LogP contribution in [0.2, 0.25) is 0 Å². The molecule has 2 nitrogen and oxygen atoms in total. The number of rotatable bonds is 5. The molecule has 0 bridgehead atoms. The van der Waals surface area contributed by atoms with Crippen LogP contribution in [0.3, 0.4) is 0 Å². The molecule has 0 fully saturated rings. The van der Waals surface area contributed by atoms with Crippen molar-refractivity contribution in [3.63, 3.8) is 0 Å². The van der Waals surface area contributed by atoms with Crippen molar-refractivity contribution in [2.75, 3.05) is 11.9 Å². The Bertz CT molecular complexity index is 599. The van der Waals surface area contributed by atoms with E-state index in [-0.39, 0.29) is 0 Å². The fourth-order valence-electron chi connectivity index (χ4n) is 2.04. The van der Waals surface area contributed by atoms with E-state index >= 15 is 0 Å². The van der Waals surface area contributed by atoms with Crippen LogP contribution in [0.4, 0.5) is 5.69 Å². The van der Waals surface area contributed by atoms with Crippen LogP contribution >= 0.6 is 28.1 Å². The van der Waals surface area contributed by atoms with Crippen molar-refractivity contribution in [2.24, 2.45) is 0 Å². The summed E-state index contributed by atoms with van der Waals surface area (Å²) in [6.45, 7) is 2.93. The predicted octanol–water partition coefficient (Wildman–Crippen LogP) is 4.68. The maximum atomic E-state index is 5.31. The van der Waals surface area contributed by atoms with Crippen LogP contribution in [0, 0.1) is 6.92 Å². The molecule has 2 aromatic rings. The van der Waals surface area contributed by atoms with Crippen LogP contribution in [0.5, 0.6) is 0 Å². The minimum absolute atomic E-state index is 0.671. The van der Waals surface area contributed by atoms with Crippen molar-refractivity contribution < 1.29 is 0 Å². The second-order valence-corrected chi connectivity index (χ2v) is 6.20. The van der Waals surface area contributed by atoms with Crippen LogP contribution in [0.15, 0.2) is 53.0 Å². The molecule has 0 aliphatic carbocycles. The van der Waals surface area contributed by atoms with E-state index in [0.29, 0.717) is 5.11 Å².